The van der Waals surface area contributed by atoms with Crippen molar-refractivity contribution < 1.29 is 33.4 Å². The van der Waals surface area contributed by atoms with Crippen molar-refractivity contribution in [3.8, 4) is 0 Å². The van der Waals surface area contributed by atoms with Crippen LogP contribution in [0.5, 0.6) is 0 Å². The second kappa shape index (κ2) is 9.05. The van der Waals surface area contributed by atoms with Crippen LogP contribution in [-0.4, -0.2) is 61.1 Å². The van der Waals surface area contributed by atoms with E-state index in [1.54, 1.807) is 20.8 Å². The Balaban J connectivity index is 2.76. The van der Waals surface area contributed by atoms with Gasteiger partial charge in [-0.05, 0) is 6.92 Å². The predicted octanol–water partition coefficient (Wildman–Crippen LogP) is 0.447. The monoisotopic (exact) mass is 341 g/mol. The van der Waals surface area contributed by atoms with Gasteiger partial charge in [-0.25, -0.2) is 14.4 Å². The summed E-state index contributed by atoms with van der Waals surface area (Å²) in [6.45, 7) is 5.44. The van der Waals surface area contributed by atoms with E-state index < -0.39 is 30.1 Å². The molecule has 0 aromatic heterocycles. The minimum Gasteiger partial charge on any atom is -0.466 e. The van der Waals surface area contributed by atoms with Crippen LogP contribution in [0.15, 0.2) is 12.2 Å². The molecule has 1 rings (SSSR count). The quantitative estimate of drug-likeness (QED) is 0.393. The minimum atomic E-state index is -0.776. The van der Waals surface area contributed by atoms with Crippen LogP contribution < -0.4 is 0 Å². The number of carbonyl (C=O) groups is 4. The maximum atomic E-state index is 12.3. The summed E-state index contributed by atoms with van der Waals surface area (Å²) in [5.74, 6) is -2.45. The van der Waals surface area contributed by atoms with Crippen LogP contribution in [-0.2, 0) is 33.4 Å². The zero-order valence-electron chi connectivity index (χ0n) is 14.3. The highest BCUT2D eigenvalue weighted by Gasteiger charge is 2.42. The second-order valence-corrected chi connectivity index (χ2v) is 5.56. The van der Waals surface area contributed by atoms with E-state index in [9.17, 15) is 19.2 Å². The number of nitrogens with zero attached hydrogens (tertiary/aromatic N) is 1. The first kappa shape index (κ1) is 19.7. The van der Waals surface area contributed by atoms with Crippen LogP contribution >= 0.6 is 0 Å². The molecule has 1 aliphatic heterocycles. The number of hydrogen-bond acceptors (Lipinski definition) is 7. The van der Waals surface area contributed by atoms with E-state index in [4.69, 9.17) is 9.47 Å². The summed E-state index contributed by atoms with van der Waals surface area (Å²) in [6, 6.07) is -0.776. The van der Waals surface area contributed by atoms with Gasteiger partial charge in [0.1, 0.15) is 12.1 Å². The number of likely N-dealkylation sites (tertiary alicyclic amines) is 1. The summed E-state index contributed by atoms with van der Waals surface area (Å²) in [6.07, 6.45) is 1.40. The molecule has 0 aromatic carbocycles. The van der Waals surface area contributed by atoms with Gasteiger partial charge in [-0.15, -0.1) is 0 Å². The van der Waals surface area contributed by atoms with Crippen LogP contribution in [0.25, 0.3) is 0 Å². The van der Waals surface area contributed by atoms with Gasteiger partial charge >= 0.3 is 17.9 Å². The van der Waals surface area contributed by atoms with Crippen molar-refractivity contribution in [3.05, 3.63) is 12.2 Å². The fourth-order valence-corrected chi connectivity index (χ4v) is 2.33. The summed E-state index contributed by atoms with van der Waals surface area (Å²) in [4.78, 5) is 48.3. The lowest BCUT2D eigenvalue weighted by Gasteiger charge is -2.24. The number of esters is 3. The van der Waals surface area contributed by atoms with Crippen molar-refractivity contribution in [1.29, 1.82) is 0 Å². The number of amides is 1. The van der Waals surface area contributed by atoms with E-state index in [-0.39, 0.29) is 31.4 Å². The molecule has 0 aromatic rings. The van der Waals surface area contributed by atoms with Gasteiger partial charge in [-0.1, -0.05) is 13.8 Å². The summed E-state index contributed by atoms with van der Waals surface area (Å²) in [5, 5.41) is 0. The number of rotatable bonds is 6. The largest absolute Gasteiger partial charge is 0.466 e. The van der Waals surface area contributed by atoms with E-state index >= 15 is 0 Å². The minimum absolute atomic E-state index is 0.109. The zero-order chi connectivity index (χ0) is 18.3. The lowest BCUT2D eigenvalue weighted by molar-refractivity contribution is -0.153. The molecule has 1 aliphatic rings. The molecule has 1 saturated heterocycles. The van der Waals surface area contributed by atoms with Gasteiger partial charge in [-0.3, -0.25) is 4.79 Å². The molecular formula is C16H23NO7. The summed E-state index contributed by atoms with van der Waals surface area (Å²) < 4.78 is 14.5. The number of hydrogen-bond donors (Lipinski definition) is 0. The van der Waals surface area contributed by atoms with Gasteiger partial charge in [0.2, 0.25) is 5.91 Å². The Hall–Kier alpha value is -2.38. The van der Waals surface area contributed by atoms with Gasteiger partial charge in [0.25, 0.3) is 0 Å². The first-order valence-electron chi connectivity index (χ1n) is 7.73. The molecule has 0 bridgehead atoms. The Bertz CT molecular complexity index is 527. The molecule has 0 N–H and O–H groups in total. The van der Waals surface area contributed by atoms with E-state index in [1.807, 2.05) is 0 Å². The molecule has 1 heterocycles. The molecule has 0 unspecified atom stereocenters. The Labute approximate surface area is 140 Å². The van der Waals surface area contributed by atoms with Gasteiger partial charge in [0.15, 0.2) is 0 Å². The predicted molar refractivity (Wildman–Crippen MR) is 82.6 cm³/mol. The first-order valence-corrected chi connectivity index (χ1v) is 7.73. The summed E-state index contributed by atoms with van der Waals surface area (Å²) >= 11 is 0. The second-order valence-electron chi connectivity index (χ2n) is 5.56. The Morgan fingerprint density at radius 2 is 1.79 bits per heavy atom. The third-order valence-corrected chi connectivity index (χ3v) is 3.44. The molecule has 0 radical (unpaired) electrons. The van der Waals surface area contributed by atoms with Crippen LogP contribution in [0.3, 0.4) is 0 Å². The highest BCUT2D eigenvalue weighted by molar-refractivity contribution is 5.92. The molecule has 8 nitrogen and oxygen atoms in total. The van der Waals surface area contributed by atoms with Crippen molar-refractivity contribution in [2.24, 2.45) is 5.92 Å². The molecule has 1 fully saturated rings. The van der Waals surface area contributed by atoms with Gasteiger partial charge < -0.3 is 19.1 Å². The van der Waals surface area contributed by atoms with Crippen molar-refractivity contribution in [3.63, 3.8) is 0 Å². The normalized spacial score (nSPS) is 20.3. The van der Waals surface area contributed by atoms with Gasteiger partial charge in [0.05, 0.1) is 20.3 Å². The SMILES string of the molecule is CCOC(=O)[C@@H]1C[C@@H](OC(=O)/C=C/C(=O)OC)CN1C(=O)C(C)C. The van der Waals surface area contributed by atoms with Crippen molar-refractivity contribution in [2.75, 3.05) is 20.3 Å². The molecule has 8 heteroatoms. The maximum absolute atomic E-state index is 12.3. The van der Waals surface area contributed by atoms with Crippen molar-refractivity contribution >= 4 is 23.8 Å². The van der Waals surface area contributed by atoms with Crippen molar-refractivity contribution in [1.82, 2.24) is 4.90 Å². The number of carbonyl (C=O) groups excluding carboxylic acids is 4. The fourth-order valence-electron chi connectivity index (χ4n) is 2.33. The van der Waals surface area contributed by atoms with Crippen LogP contribution in [0.4, 0.5) is 0 Å². The fraction of sp³-hybridized carbons (Fsp3) is 0.625. The molecule has 0 saturated carbocycles. The molecule has 134 valence electrons. The third kappa shape index (κ3) is 5.36. The van der Waals surface area contributed by atoms with Crippen LogP contribution in [0.2, 0.25) is 0 Å². The number of ether oxygens (including phenoxy) is 3. The lowest BCUT2D eigenvalue weighted by Crippen LogP contribution is -2.43. The number of methoxy groups -OCH3 is 1. The summed E-state index contributed by atoms with van der Waals surface area (Å²) in [5.41, 5.74) is 0. The Kier molecular flexibility index (Phi) is 7.41. The zero-order valence-corrected chi connectivity index (χ0v) is 14.3. The standard InChI is InChI=1S/C16H23NO7/c1-5-23-16(21)12-8-11(9-17(12)15(20)10(2)3)24-14(19)7-6-13(18)22-4/h6-7,10-12H,5,8-9H2,1-4H3/b7-6+/t11-,12+/m1/s1. The molecular weight excluding hydrogens is 318 g/mol. The van der Waals surface area contributed by atoms with Gasteiger partial charge in [0, 0.05) is 24.5 Å². The molecule has 0 spiro atoms. The molecule has 0 aliphatic carbocycles. The van der Waals surface area contributed by atoms with E-state index in [1.165, 1.54) is 12.0 Å². The highest BCUT2D eigenvalue weighted by atomic mass is 16.6. The van der Waals surface area contributed by atoms with E-state index in [0.717, 1.165) is 12.2 Å². The summed E-state index contributed by atoms with van der Waals surface area (Å²) in [7, 11) is 1.19. The molecule has 24 heavy (non-hydrogen) atoms. The Morgan fingerprint density at radius 1 is 1.17 bits per heavy atom. The van der Waals surface area contributed by atoms with Gasteiger partial charge in [-0.2, -0.15) is 0 Å². The maximum Gasteiger partial charge on any atom is 0.331 e. The first-order chi connectivity index (χ1) is 11.3. The highest BCUT2D eigenvalue weighted by Crippen LogP contribution is 2.24. The Morgan fingerprint density at radius 3 is 2.33 bits per heavy atom. The van der Waals surface area contributed by atoms with E-state index in [0.29, 0.717) is 0 Å². The molecule has 2 atom stereocenters. The van der Waals surface area contributed by atoms with E-state index in [2.05, 4.69) is 4.74 Å². The van der Waals surface area contributed by atoms with Crippen LogP contribution in [0.1, 0.15) is 27.2 Å². The topological polar surface area (TPSA) is 99.2 Å². The smallest absolute Gasteiger partial charge is 0.331 e. The average molecular weight is 341 g/mol. The third-order valence-electron chi connectivity index (χ3n) is 3.44. The molecule has 1 amide bonds. The average Bonchev–Trinajstić information content (AvgIpc) is 2.95. The van der Waals surface area contributed by atoms with Crippen LogP contribution in [0, 0.1) is 5.92 Å². The van der Waals surface area contributed by atoms with Crippen molar-refractivity contribution in [2.45, 2.75) is 39.3 Å². The lowest BCUT2D eigenvalue weighted by atomic mass is 10.1.